The third kappa shape index (κ3) is 5.19. The summed E-state index contributed by atoms with van der Waals surface area (Å²) in [5.41, 5.74) is 8.69. The number of likely N-dealkylation sites (tertiary alicyclic amines) is 1. The van der Waals surface area contributed by atoms with E-state index in [0.29, 0.717) is 6.42 Å². The van der Waals surface area contributed by atoms with Crippen molar-refractivity contribution in [3.63, 3.8) is 0 Å². The molecule has 1 amide bonds. The fourth-order valence-electron chi connectivity index (χ4n) is 3.87. The van der Waals surface area contributed by atoms with E-state index >= 15 is 0 Å². The first-order valence-electron chi connectivity index (χ1n) is 9.69. The second kappa shape index (κ2) is 8.68. The highest BCUT2D eigenvalue weighted by molar-refractivity contribution is 5.76. The van der Waals surface area contributed by atoms with Crippen LogP contribution in [0, 0.1) is 6.92 Å². The summed E-state index contributed by atoms with van der Waals surface area (Å²) in [4.78, 5) is 19.3. The van der Waals surface area contributed by atoms with Crippen molar-refractivity contribution < 1.29 is 4.79 Å². The van der Waals surface area contributed by atoms with Crippen LogP contribution >= 0.6 is 0 Å². The van der Waals surface area contributed by atoms with Gasteiger partial charge in [-0.1, -0.05) is 18.6 Å². The molecule has 2 saturated heterocycles. The number of hydrogen-bond acceptors (Lipinski definition) is 4. The Bertz CT molecular complexity index is 569. The van der Waals surface area contributed by atoms with Gasteiger partial charge in [-0.05, 0) is 37.5 Å². The van der Waals surface area contributed by atoms with E-state index in [-0.39, 0.29) is 11.9 Å². The Labute approximate surface area is 151 Å². The lowest BCUT2D eigenvalue weighted by Crippen LogP contribution is -2.48. The summed E-state index contributed by atoms with van der Waals surface area (Å²) in [6.45, 7) is 8.75. The number of carbonyl (C=O) groups excluding carboxylic acids is 1. The molecule has 0 spiro atoms. The van der Waals surface area contributed by atoms with Crippen molar-refractivity contribution in [3.8, 4) is 0 Å². The van der Waals surface area contributed by atoms with Crippen molar-refractivity contribution in [2.45, 2.75) is 38.6 Å². The number of rotatable bonds is 4. The molecular weight excluding hydrogens is 312 g/mol. The number of aryl methyl sites for hydroxylation is 1. The van der Waals surface area contributed by atoms with Crippen LogP contribution in [0.4, 0.5) is 5.69 Å². The first kappa shape index (κ1) is 18.2. The second-order valence-corrected chi connectivity index (χ2v) is 7.51. The fourth-order valence-corrected chi connectivity index (χ4v) is 3.87. The maximum atomic E-state index is 12.5. The van der Waals surface area contributed by atoms with Gasteiger partial charge in [-0.25, -0.2) is 0 Å². The molecule has 1 unspecified atom stereocenters. The Balaban J connectivity index is 1.42. The van der Waals surface area contributed by atoms with E-state index in [0.717, 1.165) is 65.1 Å². The number of benzene rings is 1. The lowest BCUT2D eigenvalue weighted by Gasteiger charge is -2.36. The van der Waals surface area contributed by atoms with Crippen LogP contribution in [0.25, 0.3) is 0 Å². The van der Waals surface area contributed by atoms with Gasteiger partial charge in [0.05, 0.1) is 0 Å². The molecule has 2 fully saturated rings. The fraction of sp³-hybridized carbons (Fsp3) is 0.650. The first-order chi connectivity index (χ1) is 12.1. The highest BCUT2D eigenvalue weighted by atomic mass is 16.2. The summed E-state index contributed by atoms with van der Waals surface area (Å²) < 4.78 is 0. The van der Waals surface area contributed by atoms with Crippen molar-refractivity contribution in [3.05, 3.63) is 29.8 Å². The average molecular weight is 345 g/mol. The molecule has 0 saturated carbocycles. The highest BCUT2D eigenvalue weighted by Crippen LogP contribution is 2.18. The Kier molecular flexibility index (Phi) is 6.32. The van der Waals surface area contributed by atoms with Crippen LogP contribution in [0.1, 0.15) is 31.2 Å². The SMILES string of the molecule is Cc1cccc(N2CCN(CCC(=O)N3CCCCC(N)C3)CC2)c1. The Morgan fingerprint density at radius 3 is 2.72 bits per heavy atom. The lowest BCUT2D eigenvalue weighted by molar-refractivity contribution is -0.131. The Morgan fingerprint density at radius 2 is 1.96 bits per heavy atom. The van der Waals surface area contributed by atoms with Gasteiger partial charge in [0.25, 0.3) is 0 Å². The molecule has 2 aliphatic heterocycles. The minimum atomic E-state index is 0.157. The van der Waals surface area contributed by atoms with E-state index in [1.54, 1.807) is 0 Å². The number of anilines is 1. The smallest absolute Gasteiger partial charge is 0.223 e. The third-order valence-electron chi connectivity index (χ3n) is 5.44. The van der Waals surface area contributed by atoms with E-state index in [9.17, 15) is 4.79 Å². The van der Waals surface area contributed by atoms with Gasteiger partial charge in [0, 0.05) is 64.0 Å². The molecule has 0 aliphatic carbocycles. The summed E-state index contributed by atoms with van der Waals surface area (Å²) in [5.74, 6) is 0.276. The summed E-state index contributed by atoms with van der Waals surface area (Å²) >= 11 is 0. The predicted molar refractivity (Wildman–Crippen MR) is 103 cm³/mol. The second-order valence-electron chi connectivity index (χ2n) is 7.51. The van der Waals surface area contributed by atoms with Gasteiger partial charge >= 0.3 is 0 Å². The lowest BCUT2D eigenvalue weighted by atomic mass is 10.1. The summed E-state index contributed by atoms with van der Waals surface area (Å²) in [6, 6.07) is 8.86. The molecule has 2 N–H and O–H groups in total. The van der Waals surface area contributed by atoms with Gasteiger partial charge in [0.15, 0.2) is 0 Å². The molecule has 138 valence electrons. The molecule has 1 aromatic rings. The van der Waals surface area contributed by atoms with Crippen molar-refractivity contribution in [1.82, 2.24) is 9.80 Å². The zero-order valence-electron chi connectivity index (χ0n) is 15.5. The van der Waals surface area contributed by atoms with Crippen LogP contribution in [0.2, 0.25) is 0 Å². The molecule has 25 heavy (non-hydrogen) atoms. The van der Waals surface area contributed by atoms with E-state index < -0.39 is 0 Å². The molecule has 0 aromatic heterocycles. The molecule has 5 nitrogen and oxygen atoms in total. The molecule has 0 radical (unpaired) electrons. The number of nitrogens with two attached hydrogens (primary N) is 1. The van der Waals surface area contributed by atoms with Crippen LogP contribution in [-0.2, 0) is 4.79 Å². The topological polar surface area (TPSA) is 52.8 Å². The largest absolute Gasteiger partial charge is 0.369 e. The van der Waals surface area contributed by atoms with Gasteiger partial charge in [-0.2, -0.15) is 0 Å². The molecule has 2 aliphatic rings. The van der Waals surface area contributed by atoms with Gasteiger partial charge in [-0.3, -0.25) is 9.69 Å². The number of nitrogens with zero attached hydrogens (tertiary/aromatic N) is 3. The summed E-state index contributed by atoms with van der Waals surface area (Å²) in [6.07, 6.45) is 3.91. The van der Waals surface area contributed by atoms with Gasteiger partial charge in [0.2, 0.25) is 5.91 Å². The molecule has 2 heterocycles. The van der Waals surface area contributed by atoms with Gasteiger partial charge in [-0.15, -0.1) is 0 Å². The normalized spacial score (nSPS) is 22.7. The van der Waals surface area contributed by atoms with E-state index in [2.05, 4.69) is 41.0 Å². The summed E-state index contributed by atoms with van der Waals surface area (Å²) in [7, 11) is 0. The average Bonchev–Trinajstić information content (AvgIpc) is 2.85. The maximum Gasteiger partial charge on any atom is 0.223 e. The van der Waals surface area contributed by atoms with E-state index in [1.807, 2.05) is 4.90 Å². The zero-order valence-corrected chi connectivity index (χ0v) is 15.5. The van der Waals surface area contributed by atoms with Crippen molar-refractivity contribution in [2.24, 2.45) is 5.73 Å². The zero-order chi connectivity index (χ0) is 17.6. The molecule has 1 atom stereocenters. The maximum absolute atomic E-state index is 12.5. The number of carbonyl (C=O) groups is 1. The predicted octanol–water partition coefficient (Wildman–Crippen LogP) is 1.85. The van der Waals surface area contributed by atoms with Crippen LogP contribution in [0.5, 0.6) is 0 Å². The molecule has 1 aromatic carbocycles. The molecule has 0 bridgehead atoms. The number of piperazine rings is 1. The minimum Gasteiger partial charge on any atom is -0.369 e. The van der Waals surface area contributed by atoms with E-state index in [4.69, 9.17) is 5.73 Å². The summed E-state index contributed by atoms with van der Waals surface area (Å²) in [5, 5.41) is 0. The van der Waals surface area contributed by atoms with Crippen molar-refractivity contribution in [2.75, 3.05) is 50.7 Å². The number of amides is 1. The number of hydrogen-bond donors (Lipinski definition) is 1. The van der Waals surface area contributed by atoms with E-state index in [1.165, 1.54) is 11.3 Å². The van der Waals surface area contributed by atoms with Crippen LogP contribution in [-0.4, -0.2) is 67.6 Å². The Morgan fingerprint density at radius 1 is 1.16 bits per heavy atom. The van der Waals surface area contributed by atoms with Gasteiger partial charge < -0.3 is 15.5 Å². The third-order valence-corrected chi connectivity index (χ3v) is 5.44. The van der Waals surface area contributed by atoms with Crippen molar-refractivity contribution in [1.29, 1.82) is 0 Å². The quantitative estimate of drug-likeness (QED) is 0.906. The van der Waals surface area contributed by atoms with Gasteiger partial charge in [0.1, 0.15) is 0 Å². The standard InChI is InChI=1S/C20H32N4O/c1-17-5-4-7-19(15-17)23-13-11-22(12-14-23)10-8-20(25)24-9-3-2-6-18(21)16-24/h4-5,7,15,18H,2-3,6,8-14,16,21H2,1H3. The van der Waals surface area contributed by atoms with Crippen LogP contribution in [0.3, 0.4) is 0 Å². The highest BCUT2D eigenvalue weighted by Gasteiger charge is 2.22. The van der Waals surface area contributed by atoms with Crippen LogP contribution in [0.15, 0.2) is 24.3 Å². The monoisotopic (exact) mass is 344 g/mol. The molecule has 3 rings (SSSR count). The van der Waals surface area contributed by atoms with Crippen molar-refractivity contribution >= 4 is 11.6 Å². The molecule has 5 heteroatoms. The first-order valence-corrected chi connectivity index (χ1v) is 9.69. The minimum absolute atomic E-state index is 0.157. The van der Waals surface area contributed by atoms with Crippen LogP contribution < -0.4 is 10.6 Å². The molecular formula is C20H32N4O. The Hall–Kier alpha value is -1.59.